The number of benzene rings is 2. The lowest BCUT2D eigenvalue weighted by atomic mass is 10.0. The molecule has 0 saturated heterocycles. The topological polar surface area (TPSA) is 24.4 Å². The second kappa shape index (κ2) is 5.82. The molecule has 0 aromatic heterocycles. The predicted molar refractivity (Wildman–Crippen MR) is 78.2 cm³/mol. The SMILES string of the molecule is Cc1cc(C)c(/C=N/Nc2ccc(F)cc2F)c(C)c1. The quantitative estimate of drug-likeness (QED) is 0.653. The highest BCUT2D eigenvalue weighted by Gasteiger charge is 2.03. The van der Waals surface area contributed by atoms with Crippen LogP contribution < -0.4 is 5.43 Å². The second-order valence-electron chi connectivity index (χ2n) is 4.81. The van der Waals surface area contributed by atoms with E-state index in [0.717, 1.165) is 22.8 Å². The maximum Gasteiger partial charge on any atom is 0.151 e. The van der Waals surface area contributed by atoms with E-state index in [4.69, 9.17) is 0 Å². The van der Waals surface area contributed by atoms with Crippen LogP contribution >= 0.6 is 0 Å². The number of hydrazone groups is 1. The summed E-state index contributed by atoms with van der Waals surface area (Å²) in [7, 11) is 0. The highest BCUT2D eigenvalue weighted by Crippen LogP contribution is 2.16. The van der Waals surface area contributed by atoms with Crippen molar-refractivity contribution in [3.05, 3.63) is 64.2 Å². The lowest BCUT2D eigenvalue weighted by Gasteiger charge is -2.07. The van der Waals surface area contributed by atoms with Gasteiger partial charge >= 0.3 is 0 Å². The van der Waals surface area contributed by atoms with Crippen LogP contribution in [0.2, 0.25) is 0 Å². The second-order valence-corrected chi connectivity index (χ2v) is 4.81. The van der Waals surface area contributed by atoms with Gasteiger partial charge in [-0.1, -0.05) is 17.7 Å². The van der Waals surface area contributed by atoms with Crippen LogP contribution in [0.1, 0.15) is 22.3 Å². The maximum atomic E-state index is 13.4. The van der Waals surface area contributed by atoms with Crippen molar-refractivity contribution >= 4 is 11.9 Å². The molecule has 0 amide bonds. The average molecular weight is 274 g/mol. The third-order valence-electron chi connectivity index (χ3n) is 3.05. The van der Waals surface area contributed by atoms with Crippen molar-refractivity contribution in [1.82, 2.24) is 0 Å². The molecule has 0 aliphatic rings. The van der Waals surface area contributed by atoms with Gasteiger partial charge in [0.25, 0.3) is 0 Å². The minimum atomic E-state index is -0.667. The van der Waals surface area contributed by atoms with E-state index in [0.29, 0.717) is 0 Å². The number of anilines is 1. The number of halogens is 2. The van der Waals surface area contributed by atoms with Crippen LogP contribution in [0.4, 0.5) is 14.5 Å². The molecular weight excluding hydrogens is 258 g/mol. The van der Waals surface area contributed by atoms with E-state index < -0.39 is 11.6 Å². The lowest BCUT2D eigenvalue weighted by molar-refractivity contribution is 0.585. The van der Waals surface area contributed by atoms with Gasteiger partial charge in [0.15, 0.2) is 5.82 Å². The molecule has 0 unspecified atom stereocenters. The van der Waals surface area contributed by atoms with Gasteiger partial charge in [-0.05, 0) is 44.0 Å². The Hall–Kier alpha value is -2.23. The molecule has 104 valence electrons. The largest absolute Gasteiger partial charge is 0.276 e. The Labute approximate surface area is 117 Å². The Bertz CT molecular complexity index is 641. The molecule has 0 radical (unpaired) electrons. The van der Waals surface area contributed by atoms with E-state index in [1.165, 1.54) is 17.7 Å². The molecule has 1 N–H and O–H groups in total. The summed E-state index contributed by atoms with van der Waals surface area (Å²) < 4.78 is 26.2. The van der Waals surface area contributed by atoms with Gasteiger partial charge in [-0.15, -0.1) is 0 Å². The van der Waals surface area contributed by atoms with E-state index in [1.807, 2.05) is 20.8 Å². The fourth-order valence-corrected chi connectivity index (χ4v) is 2.14. The molecule has 2 aromatic rings. The van der Waals surface area contributed by atoms with Crippen LogP contribution in [-0.2, 0) is 0 Å². The molecule has 2 aromatic carbocycles. The van der Waals surface area contributed by atoms with Crippen molar-refractivity contribution in [2.24, 2.45) is 5.10 Å². The van der Waals surface area contributed by atoms with Crippen molar-refractivity contribution in [3.8, 4) is 0 Å². The summed E-state index contributed by atoms with van der Waals surface area (Å²) in [6.45, 7) is 6.03. The first-order chi connectivity index (χ1) is 9.47. The fourth-order valence-electron chi connectivity index (χ4n) is 2.14. The van der Waals surface area contributed by atoms with Crippen LogP contribution in [0.15, 0.2) is 35.4 Å². The van der Waals surface area contributed by atoms with Crippen LogP contribution in [0, 0.1) is 32.4 Å². The minimum absolute atomic E-state index is 0.144. The molecule has 0 heterocycles. The van der Waals surface area contributed by atoms with Gasteiger partial charge in [-0.3, -0.25) is 5.43 Å². The maximum absolute atomic E-state index is 13.4. The summed E-state index contributed by atoms with van der Waals surface area (Å²) in [5.41, 5.74) is 7.12. The standard InChI is InChI=1S/C16H16F2N2/c1-10-6-11(2)14(12(3)7-10)9-19-20-16-5-4-13(17)8-15(16)18/h4-9,20H,1-3H3/b19-9+. The van der Waals surface area contributed by atoms with Gasteiger partial charge in [-0.25, -0.2) is 8.78 Å². The molecule has 0 bridgehead atoms. The summed E-state index contributed by atoms with van der Waals surface area (Å²) in [4.78, 5) is 0. The molecule has 4 heteroatoms. The molecule has 0 saturated carbocycles. The number of hydrogen-bond donors (Lipinski definition) is 1. The van der Waals surface area contributed by atoms with E-state index in [2.05, 4.69) is 22.7 Å². The molecule has 0 spiro atoms. The summed E-state index contributed by atoms with van der Waals surface area (Å²) in [5.74, 6) is -1.28. The highest BCUT2D eigenvalue weighted by atomic mass is 19.1. The van der Waals surface area contributed by atoms with Crippen molar-refractivity contribution < 1.29 is 8.78 Å². The number of aryl methyl sites for hydroxylation is 3. The van der Waals surface area contributed by atoms with E-state index in [1.54, 1.807) is 6.21 Å². The van der Waals surface area contributed by atoms with Gasteiger partial charge in [0.1, 0.15) is 5.82 Å². The van der Waals surface area contributed by atoms with E-state index in [9.17, 15) is 8.78 Å². The number of hydrogen-bond acceptors (Lipinski definition) is 2. The zero-order valence-corrected chi connectivity index (χ0v) is 11.7. The third-order valence-corrected chi connectivity index (χ3v) is 3.05. The number of rotatable bonds is 3. The summed E-state index contributed by atoms with van der Waals surface area (Å²) >= 11 is 0. The first kappa shape index (κ1) is 14.2. The summed E-state index contributed by atoms with van der Waals surface area (Å²) in [5, 5.41) is 4.02. The zero-order valence-electron chi connectivity index (χ0n) is 11.7. The monoisotopic (exact) mass is 274 g/mol. The first-order valence-electron chi connectivity index (χ1n) is 6.29. The normalized spacial score (nSPS) is 11.1. The van der Waals surface area contributed by atoms with Crippen LogP contribution in [-0.4, -0.2) is 6.21 Å². The van der Waals surface area contributed by atoms with Gasteiger partial charge in [-0.2, -0.15) is 5.10 Å². The zero-order chi connectivity index (χ0) is 14.7. The number of nitrogens with one attached hydrogen (secondary N) is 1. The molecule has 2 nitrogen and oxygen atoms in total. The smallest absolute Gasteiger partial charge is 0.151 e. The summed E-state index contributed by atoms with van der Waals surface area (Å²) in [6.07, 6.45) is 1.65. The molecule has 0 atom stereocenters. The number of nitrogens with zero attached hydrogens (tertiary/aromatic N) is 1. The minimum Gasteiger partial charge on any atom is -0.276 e. The lowest BCUT2D eigenvalue weighted by Crippen LogP contribution is -1.98. The molecule has 20 heavy (non-hydrogen) atoms. The van der Waals surface area contributed by atoms with Crippen molar-refractivity contribution in [1.29, 1.82) is 0 Å². The van der Waals surface area contributed by atoms with Crippen molar-refractivity contribution in [2.45, 2.75) is 20.8 Å². The first-order valence-corrected chi connectivity index (χ1v) is 6.29. The Kier molecular flexibility index (Phi) is 4.13. The molecule has 0 aliphatic heterocycles. The summed E-state index contributed by atoms with van der Waals surface area (Å²) in [6, 6.07) is 7.44. The predicted octanol–water partition coefficient (Wildman–Crippen LogP) is 4.34. The van der Waals surface area contributed by atoms with Crippen LogP contribution in [0.5, 0.6) is 0 Å². The highest BCUT2D eigenvalue weighted by molar-refractivity contribution is 5.84. The average Bonchev–Trinajstić information content (AvgIpc) is 2.34. The fraction of sp³-hybridized carbons (Fsp3) is 0.188. The van der Waals surface area contributed by atoms with Gasteiger partial charge in [0.2, 0.25) is 0 Å². The van der Waals surface area contributed by atoms with Crippen molar-refractivity contribution in [2.75, 3.05) is 5.43 Å². The van der Waals surface area contributed by atoms with Gasteiger partial charge in [0.05, 0.1) is 11.9 Å². The van der Waals surface area contributed by atoms with E-state index in [-0.39, 0.29) is 5.69 Å². The third kappa shape index (κ3) is 3.20. The Morgan fingerprint density at radius 2 is 1.65 bits per heavy atom. The Morgan fingerprint density at radius 1 is 1.00 bits per heavy atom. The van der Waals surface area contributed by atoms with Crippen LogP contribution in [0.3, 0.4) is 0 Å². The Morgan fingerprint density at radius 3 is 2.25 bits per heavy atom. The van der Waals surface area contributed by atoms with E-state index >= 15 is 0 Å². The van der Waals surface area contributed by atoms with Crippen molar-refractivity contribution in [3.63, 3.8) is 0 Å². The molecule has 0 fully saturated rings. The molecule has 0 aliphatic carbocycles. The molecule has 2 rings (SSSR count). The van der Waals surface area contributed by atoms with Gasteiger partial charge in [0, 0.05) is 11.6 Å². The van der Waals surface area contributed by atoms with Gasteiger partial charge < -0.3 is 0 Å². The van der Waals surface area contributed by atoms with Crippen LogP contribution in [0.25, 0.3) is 0 Å². The Balaban J connectivity index is 2.18. The molecular formula is C16H16F2N2.